The fourth-order valence-electron chi connectivity index (χ4n) is 3.20. The van der Waals surface area contributed by atoms with Crippen LogP contribution in [0.15, 0.2) is 65.2 Å². The van der Waals surface area contributed by atoms with Gasteiger partial charge in [-0.2, -0.15) is 0 Å². The van der Waals surface area contributed by atoms with Crippen LogP contribution in [0.3, 0.4) is 0 Å². The van der Waals surface area contributed by atoms with E-state index in [0.717, 1.165) is 34.2 Å². The molecule has 0 radical (unpaired) electrons. The van der Waals surface area contributed by atoms with E-state index in [-0.39, 0.29) is 0 Å². The third-order valence-corrected chi connectivity index (χ3v) is 4.17. The second-order valence-corrected chi connectivity index (χ2v) is 6.39. The molecule has 2 aromatic heterocycles. The molecule has 0 saturated carbocycles. The molecule has 0 amide bonds. The molecule has 2 heterocycles. The predicted octanol–water partition coefficient (Wildman–Crippen LogP) is 5.85. The van der Waals surface area contributed by atoms with Crippen LogP contribution in [0.5, 0.6) is 0 Å². The van der Waals surface area contributed by atoms with Gasteiger partial charge < -0.3 is 4.42 Å². The first-order valence-corrected chi connectivity index (χ1v) is 8.08. The summed E-state index contributed by atoms with van der Waals surface area (Å²) in [5.41, 5.74) is 5.22. The van der Waals surface area contributed by atoms with Crippen LogP contribution in [-0.2, 0) is 6.42 Å². The van der Waals surface area contributed by atoms with Gasteiger partial charge in [0.2, 0.25) is 0 Å². The normalized spacial score (nSPS) is 11.6. The summed E-state index contributed by atoms with van der Waals surface area (Å²) in [6, 6.07) is 18.7. The van der Waals surface area contributed by atoms with Crippen LogP contribution in [0.1, 0.15) is 19.4 Å². The lowest BCUT2D eigenvalue weighted by atomic mass is 10.00. The van der Waals surface area contributed by atoms with Crippen molar-refractivity contribution in [2.24, 2.45) is 5.92 Å². The number of aromatic nitrogens is 1. The Bertz CT molecular complexity index is 967. The molecule has 0 aliphatic heterocycles. The maximum atomic E-state index is 6.33. The van der Waals surface area contributed by atoms with Crippen molar-refractivity contribution >= 4 is 21.9 Å². The van der Waals surface area contributed by atoms with E-state index in [1.54, 1.807) is 0 Å². The van der Waals surface area contributed by atoms with Crippen LogP contribution < -0.4 is 0 Å². The highest BCUT2D eigenvalue weighted by atomic mass is 16.3. The number of rotatable bonds is 3. The Labute approximate surface area is 135 Å². The first kappa shape index (κ1) is 14.0. The fourth-order valence-corrected chi connectivity index (χ4v) is 3.20. The van der Waals surface area contributed by atoms with Crippen LogP contribution in [0.4, 0.5) is 0 Å². The van der Waals surface area contributed by atoms with Gasteiger partial charge in [-0.05, 0) is 36.1 Å². The Kier molecular flexibility index (Phi) is 3.38. The fraction of sp³-hybridized carbons (Fsp3) is 0.190. The van der Waals surface area contributed by atoms with Gasteiger partial charge in [-0.3, -0.25) is 4.98 Å². The zero-order valence-electron chi connectivity index (χ0n) is 13.4. The summed E-state index contributed by atoms with van der Waals surface area (Å²) in [6.45, 7) is 4.47. The zero-order valence-corrected chi connectivity index (χ0v) is 13.4. The molecule has 4 rings (SSSR count). The lowest BCUT2D eigenvalue weighted by Gasteiger charge is -2.04. The van der Waals surface area contributed by atoms with Gasteiger partial charge in [0, 0.05) is 22.5 Å². The van der Waals surface area contributed by atoms with Gasteiger partial charge in [0.25, 0.3) is 0 Å². The predicted molar refractivity (Wildman–Crippen MR) is 95.5 cm³/mol. The number of nitrogens with zero attached hydrogens (tertiary/aromatic N) is 1. The Morgan fingerprint density at radius 2 is 1.65 bits per heavy atom. The van der Waals surface area contributed by atoms with Crippen molar-refractivity contribution in [1.29, 1.82) is 0 Å². The Morgan fingerprint density at radius 1 is 0.870 bits per heavy atom. The van der Waals surface area contributed by atoms with Gasteiger partial charge in [0.15, 0.2) is 0 Å². The molecule has 0 atom stereocenters. The molecule has 4 aromatic rings. The van der Waals surface area contributed by atoms with Crippen LogP contribution in [0, 0.1) is 5.92 Å². The van der Waals surface area contributed by atoms with Crippen LogP contribution in [0.2, 0.25) is 0 Å². The maximum Gasteiger partial charge on any atom is 0.144 e. The zero-order chi connectivity index (χ0) is 15.8. The standard InChI is InChI=1S/C21H19NO/c1-14(2)13-15-7-5-8-16-17-9-6-10-18(21(17)23-20(15)16)19-11-3-4-12-22-19/h3-12,14H,13H2,1-2H3. The second kappa shape index (κ2) is 5.54. The average Bonchev–Trinajstić information content (AvgIpc) is 2.95. The molecule has 0 saturated heterocycles. The molecule has 0 N–H and O–H groups in total. The smallest absolute Gasteiger partial charge is 0.144 e. The molecule has 2 aromatic carbocycles. The van der Waals surface area contributed by atoms with Crippen molar-refractivity contribution < 1.29 is 4.42 Å². The van der Waals surface area contributed by atoms with E-state index in [2.05, 4.69) is 55.2 Å². The number of pyridine rings is 1. The summed E-state index contributed by atoms with van der Waals surface area (Å²) >= 11 is 0. The lowest BCUT2D eigenvalue weighted by Crippen LogP contribution is -1.93. The molecular formula is C21H19NO. The van der Waals surface area contributed by atoms with Gasteiger partial charge in [0.05, 0.1) is 5.69 Å². The third-order valence-electron chi connectivity index (χ3n) is 4.17. The Morgan fingerprint density at radius 3 is 2.39 bits per heavy atom. The largest absolute Gasteiger partial charge is 0.455 e. The molecule has 114 valence electrons. The summed E-state index contributed by atoms with van der Waals surface area (Å²) in [5.74, 6) is 0.601. The Hall–Kier alpha value is -2.61. The first-order chi connectivity index (χ1) is 11.2. The van der Waals surface area contributed by atoms with Crippen LogP contribution >= 0.6 is 0 Å². The van der Waals surface area contributed by atoms with Gasteiger partial charge in [-0.25, -0.2) is 0 Å². The maximum absolute atomic E-state index is 6.33. The minimum Gasteiger partial charge on any atom is -0.455 e. The van der Waals surface area contributed by atoms with Crippen LogP contribution in [0.25, 0.3) is 33.2 Å². The summed E-state index contributed by atoms with van der Waals surface area (Å²) in [4.78, 5) is 4.48. The molecular weight excluding hydrogens is 282 g/mol. The summed E-state index contributed by atoms with van der Waals surface area (Å²) in [7, 11) is 0. The lowest BCUT2D eigenvalue weighted by molar-refractivity contribution is 0.624. The average molecular weight is 301 g/mol. The highest BCUT2D eigenvalue weighted by Crippen LogP contribution is 2.36. The van der Waals surface area contributed by atoms with Crippen molar-refractivity contribution in [3.63, 3.8) is 0 Å². The number of hydrogen-bond acceptors (Lipinski definition) is 2. The Balaban J connectivity index is 2.02. The first-order valence-electron chi connectivity index (χ1n) is 8.08. The molecule has 23 heavy (non-hydrogen) atoms. The number of furan rings is 1. The molecule has 2 nitrogen and oxygen atoms in total. The van der Waals surface area contributed by atoms with E-state index in [1.807, 2.05) is 24.4 Å². The van der Waals surface area contributed by atoms with E-state index >= 15 is 0 Å². The van der Waals surface area contributed by atoms with E-state index in [9.17, 15) is 0 Å². The SMILES string of the molecule is CC(C)Cc1cccc2c1oc1c(-c3ccccn3)cccc12. The third kappa shape index (κ3) is 2.40. The van der Waals surface area contributed by atoms with Crippen molar-refractivity contribution in [1.82, 2.24) is 4.98 Å². The van der Waals surface area contributed by atoms with Crippen molar-refractivity contribution in [2.75, 3.05) is 0 Å². The molecule has 0 unspecified atom stereocenters. The molecule has 0 aliphatic carbocycles. The topological polar surface area (TPSA) is 26.0 Å². The summed E-state index contributed by atoms with van der Waals surface area (Å²) in [5, 5.41) is 2.35. The van der Waals surface area contributed by atoms with Crippen molar-refractivity contribution in [3.05, 3.63) is 66.4 Å². The number of hydrogen-bond donors (Lipinski definition) is 0. The number of benzene rings is 2. The highest BCUT2D eigenvalue weighted by Gasteiger charge is 2.15. The molecule has 0 spiro atoms. The summed E-state index contributed by atoms with van der Waals surface area (Å²) < 4.78 is 6.33. The van der Waals surface area contributed by atoms with Gasteiger partial charge in [0.1, 0.15) is 11.2 Å². The van der Waals surface area contributed by atoms with E-state index < -0.39 is 0 Å². The van der Waals surface area contributed by atoms with E-state index in [4.69, 9.17) is 4.42 Å². The number of para-hydroxylation sites is 2. The van der Waals surface area contributed by atoms with Gasteiger partial charge >= 0.3 is 0 Å². The number of fused-ring (bicyclic) bond motifs is 3. The molecule has 0 aliphatic rings. The molecule has 0 fully saturated rings. The molecule has 2 heteroatoms. The minimum absolute atomic E-state index is 0.601. The van der Waals surface area contributed by atoms with Gasteiger partial charge in [-0.15, -0.1) is 0 Å². The van der Waals surface area contributed by atoms with Crippen molar-refractivity contribution in [2.45, 2.75) is 20.3 Å². The van der Waals surface area contributed by atoms with Gasteiger partial charge in [-0.1, -0.05) is 50.2 Å². The van der Waals surface area contributed by atoms with Crippen molar-refractivity contribution in [3.8, 4) is 11.3 Å². The monoisotopic (exact) mass is 301 g/mol. The van der Waals surface area contributed by atoms with E-state index in [1.165, 1.54) is 10.9 Å². The van der Waals surface area contributed by atoms with Crippen LogP contribution in [-0.4, -0.2) is 4.98 Å². The quantitative estimate of drug-likeness (QED) is 0.474. The minimum atomic E-state index is 0.601. The van der Waals surface area contributed by atoms with E-state index in [0.29, 0.717) is 5.92 Å². The highest BCUT2D eigenvalue weighted by molar-refractivity contribution is 6.10. The molecule has 0 bridgehead atoms. The second-order valence-electron chi connectivity index (χ2n) is 6.39. The summed E-state index contributed by atoms with van der Waals surface area (Å²) in [6.07, 6.45) is 2.84.